The molecule has 122 valence electrons. The van der Waals surface area contributed by atoms with Crippen molar-refractivity contribution in [2.45, 2.75) is 12.8 Å². The van der Waals surface area contributed by atoms with Crippen LogP contribution in [0.1, 0.15) is 38.2 Å². The van der Waals surface area contributed by atoms with Gasteiger partial charge in [-0.1, -0.05) is 60.7 Å². The van der Waals surface area contributed by atoms with Gasteiger partial charge in [-0.2, -0.15) is 0 Å². The molecule has 3 aromatic carbocycles. The zero-order valence-electron chi connectivity index (χ0n) is 13.9. The van der Waals surface area contributed by atoms with Crippen molar-refractivity contribution in [3.63, 3.8) is 0 Å². The summed E-state index contributed by atoms with van der Waals surface area (Å²) in [6, 6.07) is 24.7. The Hall–Kier alpha value is -3.13. The van der Waals surface area contributed by atoms with Crippen LogP contribution in [0.25, 0.3) is 11.6 Å². The fourth-order valence-corrected chi connectivity index (χ4v) is 3.48. The second-order valence-corrected chi connectivity index (χ2v) is 6.36. The first-order chi connectivity index (χ1) is 12.2. The lowest BCUT2D eigenvalue weighted by Crippen LogP contribution is -2.10. The Morgan fingerprint density at radius 2 is 1.28 bits per heavy atom. The summed E-state index contributed by atoms with van der Waals surface area (Å²) in [4.78, 5) is 11.3. The van der Waals surface area contributed by atoms with Crippen molar-refractivity contribution in [3.8, 4) is 0 Å². The van der Waals surface area contributed by atoms with Gasteiger partial charge in [-0.15, -0.1) is 0 Å². The summed E-state index contributed by atoms with van der Waals surface area (Å²) in [5.74, 6) is -0.399. The molecule has 0 unspecified atom stereocenters. The van der Waals surface area contributed by atoms with Crippen LogP contribution >= 0.6 is 0 Å². The van der Waals surface area contributed by atoms with Gasteiger partial charge in [-0.05, 0) is 64.4 Å². The van der Waals surface area contributed by atoms with Crippen LogP contribution in [0.2, 0.25) is 0 Å². The molecule has 2 nitrogen and oxygen atoms in total. The van der Waals surface area contributed by atoms with Gasteiger partial charge < -0.3 is 5.73 Å². The molecule has 0 saturated carbocycles. The third-order valence-electron chi connectivity index (χ3n) is 4.78. The minimum atomic E-state index is -0.399. The third-order valence-corrected chi connectivity index (χ3v) is 4.78. The number of primary amides is 1. The molecule has 0 bridgehead atoms. The molecule has 0 aliphatic heterocycles. The second-order valence-electron chi connectivity index (χ2n) is 6.36. The third kappa shape index (κ3) is 2.99. The Labute approximate surface area is 147 Å². The van der Waals surface area contributed by atoms with Crippen molar-refractivity contribution in [3.05, 3.63) is 106 Å². The van der Waals surface area contributed by atoms with Gasteiger partial charge in [-0.25, -0.2) is 0 Å². The van der Waals surface area contributed by atoms with Crippen molar-refractivity contribution < 1.29 is 4.79 Å². The van der Waals surface area contributed by atoms with Crippen LogP contribution in [0.5, 0.6) is 0 Å². The first-order valence-corrected chi connectivity index (χ1v) is 8.50. The zero-order chi connectivity index (χ0) is 17.2. The number of carbonyl (C=O) groups is 1. The number of fused-ring (bicyclic) bond motifs is 2. The second kappa shape index (κ2) is 6.40. The number of hydrogen-bond donors (Lipinski definition) is 1. The summed E-state index contributed by atoms with van der Waals surface area (Å²) >= 11 is 0. The molecule has 2 heteroatoms. The Bertz CT molecular complexity index is 918. The molecule has 25 heavy (non-hydrogen) atoms. The number of carbonyl (C=O) groups excluding carboxylic acids is 1. The SMILES string of the molecule is NC(=O)c1ccc(C=C2c3ccccc3CCc3ccccc32)cc1. The van der Waals surface area contributed by atoms with E-state index < -0.39 is 5.91 Å². The van der Waals surface area contributed by atoms with Gasteiger partial charge in [0.1, 0.15) is 0 Å². The van der Waals surface area contributed by atoms with Crippen molar-refractivity contribution in [2.24, 2.45) is 5.73 Å². The average molecular weight is 325 g/mol. The van der Waals surface area contributed by atoms with Crippen LogP contribution in [0.4, 0.5) is 0 Å². The maximum atomic E-state index is 11.3. The van der Waals surface area contributed by atoms with Crippen molar-refractivity contribution in [2.75, 3.05) is 0 Å². The van der Waals surface area contributed by atoms with E-state index in [1.54, 1.807) is 12.1 Å². The molecule has 2 N–H and O–H groups in total. The Balaban J connectivity index is 1.88. The standard InChI is InChI=1S/C23H19NO/c24-23(25)19-11-9-16(10-12-19)15-22-20-7-3-1-5-17(20)13-14-18-6-2-4-8-21(18)22/h1-12,15H,13-14H2,(H2,24,25). The van der Waals surface area contributed by atoms with Crippen LogP contribution in [0.15, 0.2) is 72.8 Å². The van der Waals surface area contributed by atoms with E-state index in [0.717, 1.165) is 18.4 Å². The summed E-state index contributed by atoms with van der Waals surface area (Å²) in [6.07, 6.45) is 4.30. The molecular formula is C23H19NO. The highest BCUT2D eigenvalue weighted by molar-refractivity contribution is 5.95. The number of rotatable bonds is 2. The molecule has 1 aliphatic rings. The van der Waals surface area contributed by atoms with Crippen molar-refractivity contribution in [1.82, 2.24) is 0 Å². The minimum Gasteiger partial charge on any atom is -0.366 e. The highest BCUT2D eigenvalue weighted by atomic mass is 16.1. The van der Waals surface area contributed by atoms with E-state index in [2.05, 4.69) is 54.6 Å². The van der Waals surface area contributed by atoms with Crippen molar-refractivity contribution >= 4 is 17.6 Å². The molecule has 0 radical (unpaired) electrons. The van der Waals surface area contributed by atoms with E-state index in [1.165, 1.54) is 27.8 Å². The van der Waals surface area contributed by atoms with E-state index in [1.807, 2.05) is 12.1 Å². The summed E-state index contributed by atoms with van der Waals surface area (Å²) in [5.41, 5.74) is 13.5. The summed E-state index contributed by atoms with van der Waals surface area (Å²) in [6.45, 7) is 0. The fraction of sp³-hybridized carbons (Fsp3) is 0.0870. The monoisotopic (exact) mass is 325 g/mol. The lowest BCUT2D eigenvalue weighted by atomic mass is 9.92. The predicted octanol–water partition coefficient (Wildman–Crippen LogP) is 4.47. The van der Waals surface area contributed by atoms with Crippen molar-refractivity contribution in [1.29, 1.82) is 0 Å². The van der Waals surface area contributed by atoms with E-state index in [0.29, 0.717) is 5.56 Å². The predicted molar refractivity (Wildman–Crippen MR) is 102 cm³/mol. The van der Waals surface area contributed by atoms with Gasteiger partial charge in [0.15, 0.2) is 0 Å². The Morgan fingerprint density at radius 1 is 0.760 bits per heavy atom. The molecule has 0 aromatic heterocycles. The quantitative estimate of drug-likeness (QED) is 0.742. The van der Waals surface area contributed by atoms with Gasteiger partial charge in [-0.3, -0.25) is 4.79 Å². The first kappa shape index (κ1) is 15.4. The number of benzene rings is 3. The van der Waals surface area contributed by atoms with E-state index in [4.69, 9.17) is 5.73 Å². The molecule has 0 fully saturated rings. The van der Waals surface area contributed by atoms with Crippen LogP contribution in [0, 0.1) is 0 Å². The lowest BCUT2D eigenvalue weighted by Gasteiger charge is -2.12. The molecule has 1 aliphatic carbocycles. The summed E-state index contributed by atoms with van der Waals surface area (Å²) in [5, 5.41) is 0. The van der Waals surface area contributed by atoms with Gasteiger partial charge in [0.2, 0.25) is 5.91 Å². The molecule has 4 rings (SSSR count). The summed E-state index contributed by atoms with van der Waals surface area (Å²) in [7, 11) is 0. The number of amides is 1. The van der Waals surface area contributed by atoms with Gasteiger partial charge in [0.25, 0.3) is 0 Å². The summed E-state index contributed by atoms with van der Waals surface area (Å²) < 4.78 is 0. The molecular weight excluding hydrogens is 306 g/mol. The molecule has 0 saturated heterocycles. The molecule has 0 atom stereocenters. The van der Waals surface area contributed by atoms with E-state index in [-0.39, 0.29) is 0 Å². The van der Waals surface area contributed by atoms with Gasteiger partial charge in [0.05, 0.1) is 0 Å². The van der Waals surface area contributed by atoms with E-state index in [9.17, 15) is 4.79 Å². The van der Waals surface area contributed by atoms with Crippen LogP contribution in [-0.4, -0.2) is 5.91 Å². The topological polar surface area (TPSA) is 43.1 Å². The zero-order valence-corrected chi connectivity index (χ0v) is 13.9. The minimum absolute atomic E-state index is 0.399. The van der Waals surface area contributed by atoms with Gasteiger partial charge in [0, 0.05) is 5.56 Å². The average Bonchev–Trinajstić information content (AvgIpc) is 2.80. The van der Waals surface area contributed by atoms with Crippen LogP contribution < -0.4 is 5.73 Å². The maximum absolute atomic E-state index is 11.3. The molecule has 0 spiro atoms. The smallest absolute Gasteiger partial charge is 0.248 e. The highest BCUT2D eigenvalue weighted by Gasteiger charge is 2.17. The van der Waals surface area contributed by atoms with Crippen LogP contribution in [0.3, 0.4) is 0 Å². The number of hydrogen-bond acceptors (Lipinski definition) is 1. The number of aryl methyl sites for hydroxylation is 2. The number of nitrogens with two attached hydrogens (primary N) is 1. The highest BCUT2D eigenvalue weighted by Crippen LogP contribution is 2.34. The maximum Gasteiger partial charge on any atom is 0.248 e. The fourth-order valence-electron chi connectivity index (χ4n) is 3.48. The molecule has 0 heterocycles. The Kier molecular flexibility index (Phi) is 3.95. The normalized spacial score (nSPS) is 12.7. The molecule has 3 aromatic rings. The lowest BCUT2D eigenvalue weighted by molar-refractivity contribution is 0.100. The van der Waals surface area contributed by atoms with Crippen LogP contribution in [-0.2, 0) is 12.8 Å². The van der Waals surface area contributed by atoms with E-state index >= 15 is 0 Å². The van der Waals surface area contributed by atoms with Gasteiger partial charge >= 0.3 is 0 Å². The largest absolute Gasteiger partial charge is 0.366 e. The first-order valence-electron chi connectivity index (χ1n) is 8.50. The molecule has 1 amide bonds. The Morgan fingerprint density at radius 3 is 1.80 bits per heavy atom.